The van der Waals surface area contributed by atoms with Crippen LogP contribution in [0.5, 0.6) is 0 Å². The van der Waals surface area contributed by atoms with Crippen LogP contribution >= 0.6 is 0 Å². The molecule has 1 rings (SSSR count). The second-order valence-electron chi connectivity index (χ2n) is 5.53. The number of hydrogen-bond acceptors (Lipinski definition) is 3. The molecule has 0 saturated heterocycles. The second-order valence-corrected chi connectivity index (χ2v) is 5.53. The van der Waals surface area contributed by atoms with Crippen molar-refractivity contribution in [1.82, 2.24) is 9.80 Å². The molecule has 1 saturated carbocycles. The van der Waals surface area contributed by atoms with E-state index in [9.17, 15) is 4.79 Å². The highest BCUT2D eigenvalue weighted by Crippen LogP contribution is 2.25. The summed E-state index contributed by atoms with van der Waals surface area (Å²) in [5.41, 5.74) is 0. The number of Topliss-reactive ketones (excluding diaryl/α,β-unsaturated/α-hetero) is 1. The van der Waals surface area contributed by atoms with Gasteiger partial charge in [-0.15, -0.1) is 0 Å². The molecular weight excluding hydrogens is 212 g/mol. The molecule has 100 valence electrons. The fourth-order valence-corrected chi connectivity index (χ4v) is 2.52. The summed E-state index contributed by atoms with van der Waals surface area (Å²) in [6.07, 6.45) is 5.90. The van der Waals surface area contributed by atoms with Crippen molar-refractivity contribution in [2.24, 2.45) is 5.92 Å². The average molecular weight is 240 g/mol. The summed E-state index contributed by atoms with van der Waals surface area (Å²) in [6, 6.07) is 0. The molecule has 0 radical (unpaired) electrons. The third-order valence-corrected chi connectivity index (χ3v) is 3.59. The molecule has 3 nitrogen and oxygen atoms in total. The minimum Gasteiger partial charge on any atom is -0.308 e. The zero-order valence-corrected chi connectivity index (χ0v) is 11.7. The van der Waals surface area contributed by atoms with Crippen LogP contribution in [-0.4, -0.2) is 55.9 Å². The van der Waals surface area contributed by atoms with E-state index >= 15 is 0 Å². The minimum absolute atomic E-state index is 0.369. The Bertz CT molecular complexity index is 222. The molecule has 0 amide bonds. The molecule has 0 aromatic carbocycles. The number of carbonyl (C=O) groups is 1. The Kier molecular flexibility index (Phi) is 6.75. The maximum absolute atomic E-state index is 12.1. The van der Waals surface area contributed by atoms with Gasteiger partial charge in [-0.3, -0.25) is 9.69 Å². The highest BCUT2D eigenvalue weighted by Gasteiger charge is 2.23. The first-order valence-corrected chi connectivity index (χ1v) is 7.03. The molecule has 1 aliphatic rings. The van der Waals surface area contributed by atoms with Gasteiger partial charge in [-0.2, -0.15) is 0 Å². The molecule has 0 spiro atoms. The summed E-state index contributed by atoms with van der Waals surface area (Å²) in [5, 5.41) is 0. The molecule has 0 N–H and O–H groups in total. The van der Waals surface area contributed by atoms with Crippen LogP contribution in [0, 0.1) is 5.92 Å². The van der Waals surface area contributed by atoms with Gasteiger partial charge in [0.25, 0.3) is 0 Å². The molecule has 0 unspecified atom stereocenters. The largest absolute Gasteiger partial charge is 0.308 e. The van der Waals surface area contributed by atoms with E-state index in [1.807, 2.05) is 0 Å². The van der Waals surface area contributed by atoms with Crippen molar-refractivity contribution >= 4 is 5.78 Å². The quantitative estimate of drug-likeness (QED) is 0.648. The summed E-state index contributed by atoms with van der Waals surface area (Å²) >= 11 is 0. The van der Waals surface area contributed by atoms with Crippen molar-refractivity contribution in [3.63, 3.8) is 0 Å². The number of nitrogens with zero attached hydrogens (tertiary/aromatic N) is 2. The molecule has 3 heteroatoms. The lowest BCUT2D eigenvalue weighted by atomic mass is 10.0. The van der Waals surface area contributed by atoms with E-state index in [4.69, 9.17) is 0 Å². The maximum atomic E-state index is 12.1. The summed E-state index contributed by atoms with van der Waals surface area (Å²) in [7, 11) is 4.17. The van der Waals surface area contributed by atoms with Gasteiger partial charge in [-0.25, -0.2) is 0 Å². The zero-order chi connectivity index (χ0) is 12.7. The second kappa shape index (κ2) is 7.83. The molecule has 1 aliphatic carbocycles. The highest BCUT2D eigenvalue weighted by atomic mass is 16.1. The molecule has 0 aromatic rings. The van der Waals surface area contributed by atoms with E-state index < -0.39 is 0 Å². The Labute approximate surface area is 106 Å². The molecular formula is C14H28N2O. The van der Waals surface area contributed by atoms with Crippen LogP contribution in [0.3, 0.4) is 0 Å². The Morgan fingerprint density at radius 1 is 1.12 bits per heavy atom. The van der Waals surface area contributed by atoms with E-state index in [0.29, 0.717) is 18.2 Å². The Balaban J connectivity index is 2.33. The number of ketones is 1. The molecule has 0 bridgehead atoms. The Morgan fingerprint density at radius 2 is 1.76 bits per heavy atom. The average Bonchev–Trinajstić information content (AvgIpc) is 2.79. The SMILES string of the molecule is CCCN(CCN(C)C)CC(=O)C1CCCC1. The molecule has 0 heterocycles. The monoisotopic (exact) mass is 240 g/mol. The molecule has 0 aromatic heterocycles. The number of hydrogen-bond donors (Lipinski definition) is 0. The standard InChI is InChI=1S/C14H28N2O/c1-4-9-16(11-10-15(2)3)12-14(17)13-7-5-6-8-13/h13H,4-12H2,1-3H3. The van der Waals surface area contributed by atoms with Crippen LogP contribution in [0.2, 0.25) is 0 Å². The first kappa shape index (κ1) is 14.7. The van der Waals surface area contributed by atoms with Crippen LogP contribution in [-0.2, 0) is 4.79 Å². The zero-order valence-electron chi connectivity index (χ0n) is 11.7. The lowest BCUT2D eigenvalue weighted by Gasteiger charge is -2.24. The topological polar surface area (TPSA) is 23.6 Å². The van der Waals surface area contributed by atoms with E-state index in [-0.39, 0.29) is 0 Å². The van der Waals surface area contributed by atoms with Gasteiger partial charge in [0.15, 0.2) is 0 Å². The van der Waals surface area contributed by atoms with Crippen LogP contribution < -0.4 is 0 Å². The van der Waals surface area contributed by atoms with Gasteiger partial charge in [0.05, 0.1) is 6.54 Å². The fourth-order valence-electron chi connectivity index (χ4n) is 2.52. The van der Waals surface area contributed by atoms with Gasteiger partial charge in [-0.1, -0.05) is 19.8 Å². The highest BCUT2D eigenvalue weighted by molar-refractivity contribution is 5.83. The predicted molar refractivity (Wildman–Crippen MR) is 72.3 cm³/mol. The smallest absolute Gasteiger partial charge is 0.149 e. The third kappa shape index (κ3) is 5.64. The van der Waals surface area contributed by atoms with E-state index in [1.165, 1.54) is 12.8 Å². The van der Waals surface area contributed by atoms with Crippen molar-refractivity contribution < 1.29 is 4.79 Å². The van der Waals surface area contributed by atoms with Crippen LogP contribution in [0.4, 0.5) is 0 Å². The first-order chi connectivity index (χ1) is 8.13. The lowest BCUT2D eigenvalue weighted by molar-refractivity contribution is -0.123. The molecule has 0 atom stereocenters. The molecule has 17 heavy (non-hydrogen) atoms. The van der Waals surface area contributed by atoms with Crippen molar-refractivity contribution in [3.8, 4) is 0 Å². The van der Waals surface area contributed by atoms with Crippen molar-refractivity contribution in [3.05, 3.63) is 0 Å². The van der Waals surface area contributed by atoms with Gasteiger partial charge in [0.1, 0.15) is 5.78 Å². The van der Waals surface area contributed by atoms with Crippen molar-refractivity contribution in [1.29, 1.82) is 0 Å². The van der Waals surface area contributed by atoms with Crippen LogP contribution in [0.25, 0.3) is 0 Å². The van der Waals surface area contributed by atoms with Gasteiger partial charge in [0, 0.05) is 19.0 Å². The van der Waals surface area contributed by atoms with Gasteiger partial charge in [-0.05, 0) is 39.9 Å². The number of likely N-dealkylation sites (N-methyl/N-ethyl adjacent to an activating group) is 1. The van der Waals surface area contributed by atoms with Gasteiger partial charge < -0.3 is 4.90 Å². The first-order valence-electron chi connectivity index (χ1n) is 7.03. The van der Waals surface area contributed by atoms with E-state index in [0.717, 1.165) is 38.9 Å². The van der Waals surface area contributed by atoms with Crippen LogP contribution in [0.1, 0.15) is 39.0 Å². The molecule has 1 fully saturated rings. The summed E-state index contributed by atoms with van der Waals surface area (Å²) in [4.78, 5) is 16.6. The van der Waals surface area contributed by atoms with E-state index in [1.54, 1.807) is 0 Å². The normalized spacial score (nSPS) is 17.2. The summed E-state index contributed by atoms with van der Waals surface area (Å²) in [6.45, 7) is 5.96. The van der Waals surface area contributed by atoms with Crippen molar-refractivity contribution in [2.75, 3.05) is 40.3 Å². The minimum atomic E-state index is 0.369. The summed E-state index contributed by atoms with van der Waals surface area (Å²) < 4.78 is 0. The van der Waals surface area contributed by atoms with Gasteiger partial charge >= 0.3 is 0 Å². The van der Waals surface area contributed by atoms with Crippen LogP contribution in [0.15, 0.2) is 0 Å². The summed E-state index contributed by atoms with van der Waals surface area (Å²) in [5.74, 6) is 0.850. The Morgan fingerprint density at radius 3 is 2.29 bits per heavy atom. The van der Waals surface area contributed by atoms with Gasteiger partial charge in [0.2, 0.25) is 0 Å². The number of carbonyl (C=O) groups excluding carboxylic acids is 1. The fraction of sp³-hybridized carbons (Fsp3) is 0.929. The number of rotatable bonds is 8. The third-order valence-electron chi connectivity index (χ3n) is 3.59. The maximum Gasteiger partial charge on any atom is 0.149 e. The van der Waals surface area contributed by atoms with Crippen molar-refractivity contribution in [2.45, 2.75) is 39.0 Å². The molecule has 0 aliphatic heterocycles. The Hall–Kier alpha value is -0.410. The van der Waals surface area contributed by atoms with E-state index in [2.05, 4.69) is 30.8 Å². The lowest BCUT2D eigenvalue weighted by Crippen LogP contribution is -2.37. The predicted octanol–water partition coefficient (Wildman–Crippen LogP) is 2.02.